The third-order valence-electron chi connectivity index (χ3n) is 2.94. The van der Waals surface area contributed by atoms with Crippen LogP contribution in [0.25, 0.3) is 0 Å². The highest BCUT2D eigenvalue weighted by Gasteiger charge is 2.19. The van der Waals surface area contributed by atoms with Gasteiger partial charge in [0, 0.05) is 18.8 Å². The zero-order valence-corrected chi connectivity index (χ0v) is 12.6. The third-order valence-corrected chi connectivity index (χ3v) is 5.33. The lowest BCUT2D eigenvalue weighted by molar-refractivity contribution is 0.102. The molecule has 0 aliphatic carbocycles. The average Bonchev–Trinajstić information content (AvgIpc) is 2.95. The number of hydrogen-bond acceptors (Lipinski definition) is 5. The Hall–Kier alpha value is -1.20. The molecule has 0 aliphatic heterocycles. The first-order valence-corrected chi connectivity index (χ1v) is 7.45. The summed E-state index contributed by atoms with van der Waals surface area (Å²) in [5.74, 6) is 0.0911. The van der Waals surface area contributed by atoms with Crippen molar-refractivity contribution in [2.75, 3.05) is 11.9 Å². The van der Waals surface area contributed by atoms with Crippen LogP contribution in [0.2, 0.25) is 0 Å². The van der Waals surface area contributed by atoms with Crippen molar-refractivity contribution in [1.29, 1.82) is 0 Å². The Labute approximate surface area is 115 Å². The van der Waals surface area contributed by atoms with Crippen molar-refractivity contribution in [3.8, 4) is 0 Å². The molecule has 1 atom stereocenters. The average molecular weight is 280 g/mol. The summed E-state index contributed by atoms with van der Waals surface area (Å²) in [6.45, 7) is 5.63. The molecule has 2 heterocycles. The van der Waals surface area contributed by atoms with Crippen molar-refractivity contribution < 1.29 is 4.79 Å². The van der Waals surface area contributed by atoms with Gasteiger partial charge in [0.1, 0.15) is 0 Å². The van der Waals surface area contributed by atoms with Gasteiger partial charge in [0.05, 0.1) is 16.6 Å². The summed E-state index contributed by atoms with van der Waals surface area (Å²) in [6, 6.07) is 4.45. The van der Waals surface area contributed by atoms with E-state index < -0.39 is 0 Å². The first-order valence-electron chi connectivity index (χ1n) is 5.75. The summed E-state index contributed by atoms with van der Waals surface area (Å²) in [4.78, 5) is 20.1. The van der Waals surface area contributed by atoms with Crippen LogP contribution in [0.3, 0.4) is 0 Å². The molecule has 3 nitrogen and oxygen atoms in total. The van der Waals surface area contributed by atoms with Gasteiger partial charge in [-0.1, -0.05) is 17.4 Å². The van der Waals surface area contributed by atoms with Gasteiger partial charge in [0.15, 0.2) is 10.9 Å². The summed E-state index contributed by atoms with van der Waals surface area (Å²) < 4.78 is 0. The normalized spacial score (nSPS) is 12.4. The van der Waals surface area contributed by atoms with Crippen LogP contribution >= 0.6 is 22.7 Å². The molecule has 5 heteroatoms. The Morgan fingerprint density at radius 3 is 2.72 bits per heavy atom. The SMILES string of the molecule is CC(=O)c1sc(N(C)C(C)c2cccs2)nc1C. The van der Waals surface area contributed by atoms with Gasteiger partial charge in [0.25, 0.3) is 0 Å². The van der Waals surface area contributed by atoms with Gasteiger partial charge in [-0.2, -0.15) is 0 Å². The number of carbonyl (C=O) groups excluding carboxylic acids is 1. The smallest absolute Gasteiger partial charge is 0.186 e. The first-order chi connectivity index (χ1) is 8.50. The minimum atomic E-state index is 0.0911. The van der Waals surface area contributed by atoms with E-state index in [-0.39, 0.29) is 11.8 Å². The molecule has 96 valence electrons. The van der Waals surface area contributed by atoms with Gasteiger partial charge in [-0.15, -0.1) is 11.3 Å². The van der Waals surface area contributed by atoms with E-state index in [9.17, 15) is 4.79 Å². The quantitative estimate of drug-likeness (QED) is 0.796. The molecule has 0 spiro atoms. The Morgan fingerprint density at radius 1 is 1.50 bits per heavy atom. The molecule has 0 amide bonds. The number of ketones is 1. The molecule has 18 heavy (non-hydrogen) atoms. The zero-order valence-electron chi connectivity index (χ0n) is 10.9. The molecule has 0 aliphatic rings. The van der Waals surface area contributed by atoms with Crippen molar-refractivity contribution >= 4 is 33.6 Å². The topological polar surface area (TPSA) is 33.2 Å². The van der Waals surface area contributed by atoms with E-state index in [1.807, 2.05) is 14.0 Å². The highest BCUT2D eigenvalue weighted by Crippen LogP contribution is 2.32. The molecule has 0 saturated heterocycles. The fourth-order valence-corrected chi connectivity index (χ4v) is 3.58. The lowest BCUT2D eigenvalue weighted by Crippen LogP contribution is -2.20. The summed E-state index contributed by atoms with van der Waals surface area (Å²) >= 11 is 3.21. The van der Waals surface area contributed by atoms with Gasteiger partial charge < -0.3 is 4.90 Å². The molecule has 0 radical (unpaired) electrons. The molecule has 0 aromatic carbocycles. The second-order valence-electron chi connectivity index (χ2n) is 4.27. The van der Waals surface area contributed by atoms with Crippen LogP contribution in [0.15, 0.2) is 17.5 Å². The minimum absolute atomic E-state index is 0.0911. The number of aryl methyl sites for hydroxylation is 1. The van der Waals surface area contributed by atoms with E-state index >= 15 is 0 Å². The molecule has 2 rings (SSSR count). The maximum Gasteiger partial charge on any atom is 0.186 e. The van der Waals surface area contributed by atoms with Crippen molar-refractivity contribution in [2.45, 2.75) is 26.8 Å². The summed E-state index contributed by atoms with van der Waals surface area (Å²) in [5, 5.41) is 2.98. The van der Waals surface area contributed by atoms with E-state index in [1.54, 1.807) is 18.3 Å². The third kappa shape index (κ3) is 2.47. The van der Waals surface area contributed by atoms with E-state index in [2.05, 4.69) is 34.3 Å². The van der Waals surface area contributed by atoms with Crippen LogP contribution in [0, 0.1) is 6.92 Å². The standard InChI is InChI=1S/C13H16N2OS2/c1-8-12(10(3)16)18-13(14-8)15(4)9(2)11-6-5-7-17-11/h5-7,9H,1-4H3. The van der Waals surface area contributed by atoms with Gasteiger partial charge in [0.2, 0.25) is 0 Å². The second-order valence-corrected chi connectivity index (χ2v) is 6.23. The van der Waals surface area contributed by atoms with E-state index in [0.717, 1.165) is 15.7 Å². The van der Waals surface area contributed by atoms with Crippen LogP contribution in [0.1, 0.15) is 40.1 Å². The Balaban J connectivity index is 2.26. The summed E-state index contributed by atoms with van der Waals surface area (Å²) in [5.41, 5.74) is 0.827. The summed E-state index contributed by atoms with van der Waals surface area (Å²) in [6.07, 6.45) is 0. The van der Waals surface area contributed by atoms with Crippen molar-refractivity contribution in [2.24, 2.45) is 0 Å². The zero-order chi connectivity index (χ0) is 13.3. The lowest BCUT2D eigenvalue weighted by atomic mass is 10.2. The highest BCUT2D eigenvalue weighted by atomic mass is 32.1. The molecular formula is C13H16N2OS2. The molecule has 2 aromatic rings. The lowest BCUT2D eigenvalue weighted by Gasteiger charge is -2.23. The first kappa shape index (κ1) is 13.2. The largest absolute Gasteiger partial charge is 0.344 e. The number of hydrogen-bond donors (Lipinski definition) is 0. The van der Waals surface area contributed by atoms with Crippen molar-refractivity contribution in [3.63, 3.8) is 0 Å². The van der Waals surface area contributed by atoms with Crippen LogP contribution < -0.4 is 4.90 Å². The molecule has 0 bridgehead atoms. The molecule has 1 unspecified atom stereocenters. The van der Waals surface area contributed by atoms with E-state index in [1.165, 1.54) is 16.2 Å². The number of carbonyl (C=O) groups is 1. The van der Waals surface area contributed by atoms with Crippen molar-refractivity contribution in [3.05, 3.63) is 33.0 Å². The maximum atomic E-state index is 11.5. The van der Waals surface area contributed by atoms with E-state index in [4.69, 9.17) is 0 Å². The number of Topliss-reactive ketones (excluding diaryl/α,β-unsaturated/α-hetero) is 1. The van der Waals surface area contributed by atoms with Gasteiger partial charge in [-0.25, -0.2) is 4.98 Å². The van der Waals surface area contributed by atoms with Crippen LogP contribution in [-0.4, -0.2) is 17.8 Å². The predicted molar refractivity (Wildman–Crippen MR) is 78.0 cm³/mol. The van der Waals surface area contributed by atoms with E-state index in [0.29, 0.717) is 0 Å². The number of nitrogens with zero attached hydrogens (tertiary/aromatic N) is 2. The molecule has 2 aromatic heterocycles. The Kier molecular flexibility index (Phi) is 3.82. The molecule has 0 fully saturated rings. The van der Waals surface area contributed by atoms with Gasteiger partial charge in [-0.05, 0) is 25.3 Å². The van der Waals surface area contributed by atoms with Gasteiger partial charge >= 0.3 is 0 Å². The van der Waals surface area contributed by atoms with Gasteiger partial charge in [-0.3, -0.25) is 4.79 Å². The Morgan fingerprint density at radius 2 is 2.22 bits per heavy atom. The Bertz CT molecular complexity index is 545. The van der Waals surface area contributed by atoms with Crippen LogP contribution in [-0.2, 0) is 0 Å². The number of thiazole rings is 1. The maximum absolute atomic E-state index is 11.5. The predicted octanol–water partition coefficient (Wildman–Crippen LogP) is 3.91. The number of thiophene rings is 1. The number of rotatable bonds is 4. The number of anilines is 1. The van der Waals surface area contributed by atoms with Crippen LogP contribution in [0.5, 0.6) is 0 Å². The van der Waals surface area contributed by atoms with Crippen LogP contribution in [0.4, 0.5) is 5.13 Å². The highest BCUT2D eigenvalue weighted by molar-refractivity contribution is 7.17. The fourth-order valence-electron chi connectivity index (χ4n) is 1.75. The molecule has 0 N–H and O–H groups in total. The van der Waals surface area contributed by atoms with Crippen molar-refractivity contribution in [1.82, 2.24) is 4.98 Å². The fraction of sp³-hybridized carbons (Fsp3) is 0.385. The molecule has 0 saturated carbocycles. The summed E-state index contributed by atoms with van der Waals surface area (Å²) in [7, 11) is 2.02. The second kappa shape index (κ2) is 5.20. The minimum Gasteiger partial charge on any atom is -0.344 e. The monoisotopic (exact) mass is 280 g/mol. The number of aromatic nitrogens is 1. The molecular weight excluding hydrogens is 264 g/mol.